The second kappa shape index (κ2) is 9.52. The maximum Gasteiger partial charge on any atom is 0.221 e. The van der Waals surface area contributed by atoms with Crippen LogP contribution in [0, 0.1) is 0 Å². The maximum atomic E-state index is 11.5. The van der Waals surface area contributed by atoms with Gasteiger partial charge in [-0.3, -0.25) is 9.78 Å². The third kappa shape index (κ3) is 5.03. The normalized spacial score (nSPS) is 10.3. The Kier molecular flexibility index (Phi) is 6.82. The highest BCUT2D eigenvalue weighted by molar-refractivity contribution is 6.30. The van der Waals surface area contributed by atoms with Gasteiger partial charge in [0.2, 0.25) is 5.91 Å². The zero-order valence-electron chi connectivity index (χ0n) is 16.1. The van der Waals surface area contributed by atoms with Gasteiger partial charge in [0.05, 0.1) is 5.69 Å². The van der Waals surface area contributed by atoms with Crippen molar-refractivity contribution in [2.75, 3.05) is 10.6 Å². The van der Waals surface area contributed by atoms with Gasteiger partial charge in [-0.1, -0.05) is 23.7 Å². The fourth-order valence-electron chi connectivity index (χ4n) is 3.11. The highest BCUT2D eigenvalue weighted by atomic mass is 35.5. The third-order valence-electron chi connectivity index (χ3n) is 4.38. The van der Waals surface area contributed by atoms with Gasteiger partial charge in [0.25, 0.3) is 0 Å². The summed E-state index contributed by atoms with van der Waals surface area (Å²) in [4.78, 5) is 15.6. The molecule has 0 aliphatic rings. The van der Waals surface area contributed by atoms with Crippen LogP contribution < -0.4 is 10.6 Å². The molecular formula is C22H19Cl2N5O. The predicted molar refractivity (Wildman–Crippen MR) is 123 cm³/mol. The van der Waals surface area contributed by atoms with Crippen molar-refractivity contribution in [2.45, 2.75) is 13.3 Å². The number of aromatic nitrogens is 3. The van der Waals surface area contributed by atoms with Crippen LogP contribution in [-0.4, -0.2) is 21.1 Å². The molecule has 2 aromatic carbocycles. The van der Waals surface area contributed by atoms with E-state index in [0.717, 1.165) is 27.7 Å². The molecular weight excluding hydrogens is 421 g/mol. The molecule has 0 saturated carbocycles. The van der Waals surface area contributed by atoms with E-state index in [0.29, 0.717) is 22.9 Å². The van der Waals surface area contributed by atoms with E-state index in [1.165, 1.54) is 6.92 Å². The van der Waals surface area contributed by atoms with Crippen molar-refractivity contribution < 1.29 is 4.79 Å². The topological polar surface area (TPSA) is 79.8 Å². The van der Waals surface area contributed by atoms with Crippen LogP contribution in [0.5, 0.6) is 0 Å². The SMILES string of the molecule is CC(=O)Nc1ccc2c(Cc3ccncc3)nnc(Nc3cccc(Cl)c3)c2c1.Cl. The Morgan fingerprint density at radius 3 is 2.50 bits per heavy atom. The molecule has 4 rings (SSSR count). The molecule has 0 aliphatic heterocycles. The van der Waals surface area contributed by atoms with Crippen molar-refractivity contribution in [3.8, 4) is 0 Å². The standard InChI is InChI=1S/C22H18ClN5O.ClH/c1-14(29)25-18-5-6-19-20(13-18)22(26-17-4-2-3-16(23)12-17)28-27-21(19)11-15-7-9-24-10-8-15;/h2-10,12-13H,11H2,1H3,(H,25,29)(H,26,28);1H. The fraction of sp³-hybridized carbons (Fsp3) is 0.0909. The third-order valence-corrected chi connectivity index (χ3v) is 4.62. The molecule has 0 radical (unpaired) electrons. The molecule has 2 N–H and O–H groups in total. The van der Waals surface area contributed by atoms with E-state index >= 15 is 0 Å². The molecule has 30 heavy (non-hydrogen) atoms. The Balaban J connectivity index is 0.00000256. The predicted octanol–water partition coefficient (Wildman–Crippen LogP) is 5.39. The number of carbonyl (C=O) groups is 1. The van der Waals surface area contributed by atoms with Gasteiger partial charge in [0.15, 0.2) is 5.82 Å². The van der Waals surface area contributed by atoms with Gasteiger partial charge in [0, 0.05) is 52.9 Å². The number of benzene rings is 2. The molecule has 0 atom stereocenters. The van der Waals surface area contributed by atoms with Crippen molar-refractivity contribution in [2.24, 2.45) is 0 Å². The molecule has 2 aromatic heterocycles. The lowest BCUT2D eigenvalue weighted by atomic mass is 10.0. The fourth-order valence-corrected chi connectivity index (χ4v) is 3.30. The molecule has 0 fully saturated rings. The van der Waals surface area contributed by atoms with E-state index < -0.39 is 0 Å². The number of anilines is 3. The maximum absolute atomic E-state index is 11.5. The largest absolute Gasteiger partial charge is 0.338 e. The summed E-state index contributed by atoms with van der Waals surface area (Å²) in [5.74, 6) is 0.459. The molecule has 0 unspecified atom stereocenters. The molecule has 0 spiro atoms. The number of fused-ring (bicyclic) bond motifs is 1. The summed E-state index contributed by atoms with van der Waals surface area (Å²) in [6.45, 7) is 1.48. The molecule has 4 aromatic rings. The average molecular weight is 440 g/mol. The number of pyridine rings is 1. The van der Waals surface area contributed by atoms with Crippen LogP contribution in [0.2, 0.25) is 5.02 Å². The lowest BCUT2D eigenvalue weighted by molar-refractivity contribution is -0.114. The van der Waals surface area contributed by atoms with Crippen LogP contribution in [0.15, 0.2) is 67.0 Å². The zero-order chi connectivity index (χ0) is 20.2. The van der Waals surface area contributed by atoms with Crippen molar-refractivity contribution in [3.63, 3.8) is 0 Å². The Hall–Kier alpha value is -3.22. The number of nitrogens with one attached hydrogen (secondary N) is 2. The molecule has 0 saturated heterocycles. The van der Waals surface area contributed by atoms with Crippen LogP contribution in [0.1, 0.15) is 18.2 Å². The number of carbonyl (C=O) groups excluding carboxylic acids is 1. The van der Waals surface area contributed by atoms with Crippen LogP contribution in [0.3, 0.4) is 0 Å². The molecule has 152 valence electrons. The van der Waals surface area contributed by atoms with E-state index in [1.807, 2.05) is 54.6 Å². The van der Waals surface area contributed by atoms with Crippen molar-refractivity contribution in [1.82, 2.24) is 15.2 Å². The van der Waals surface area contributed by atoms with E-state index in [4.69, 9.17) is 11.6 Å². The minimum Gasteiger partial charge on any atom is -0.338 e. The molecule has 0 bridgehead atoms. The Morgan fingerprint density at radius 1 is 0.967 bits per heavy atom. The molecule has 6 nitrogen and oxygen atoms in total. The first-order valence-corrected chi connectivity index (χ1v) is 9.45. The summed E-state index contributed by atoms with van der Waals surface area (Å²) in [6, 6.07) is 17.0. The first-order chi connectivity index (χ1) is 14.1. The second-order valence-corrected chi connectivity index (χ2v) is 7.04. The number of halogens is 2. The highest BCUT2D eigenvalue weighted by Crippen LogP contribution is 2.30. The summed E-state index contributed by atoms with van der Waals surface area (Å²) in [6.07, 6.45) is 4.15. The Labute approximate surface area is 185 Å². The number of amides is 1. The number of nitrogens with zero attached hydrogens (tertiary/aromatic N) is 3. The van der Waals surface area contributed by atoms with Gasteiger partial charge in [-0.25, -0.2) is 0 Å². The second-order valence-electron chi connectivity index (χ2n) is 6.60. The summed E-state index contributed by atoms with van der Waals surface area (Å²) in [7, 11) is 0. The monoisotopic (exact) mass is 439 g/mol. The van der Waals surface area contributed by atoms with Crippen molar-refractivity contribution >= 4 is 57.9 Å². The quantitative estimate of drug-likeness (QED) is 0.435. The van der Waals surface area contributed by atoms with Gasteiger partial charge >= 0.3 is 0 Å². The number of hydrogen-bond donors (Lipinski definition) is 2. The van der Waals surface area contributed by atoms with Crippen LogP contribution in [-0.2, 0) is 11.2 Å². The first-order valence-electron chi connectivity index (χ1n) is 9.07. The zero-order valence-corrected chi connectivity index (χ0v) is 17.7. The van der Waals surface area contributed by atoms with E-state index in [2.05, 4.69) is 25.8 Å². The summed E-state index contributed by atoms with van der Waals surface area (Å²) < 4.78 is 0. The number of hydrogen-bond acceptors (Lipinski definition) is 5. The molecule has 2 heterocycles. The van der Waals surface area contributed by atoms with Gasteiger partial charge in [-0.2, -0.15) is 5.10 Å². The molecule has 0 aliphatic carbocycles. The van der Waals surface area contributed by atoms with E-state index in [9.17, 15) is 4.79 Å². The highest BCUT2D eigenvalue weighted by Gasteiger charge is 2.12. The smallest absolute Gasteiger partial charge is 0.221 e. The first kappa shape index (κ1) is 21.5. The Bertz CT molecular complexity index is 1180. The summed E-state index contributed by atoms with van der Waals surface area (Å²) >= 11 is 6.10. The van der Waals surface area contributed by atoms with Crippen molar-refractivity contribution in [1.29, 1.82) is 0 Å². The average Bonchev–Trinajstić information content (AvgIpc) is 2.70. The van der Waals surface area contributed by atoms with Crippen LogP contribution >= 0.6 is 24.0 Å². The van der Waals surface area contributed by atoms with Gasteiger partial charge in [-0.15, -0.1) is 17.5 Å². The van der Waals surface area contributed by atoms with Crippen LogP contribution in [0.25, 0.3) is 10.8 Å². The minimum atomic E-state index is -0.132. The van der Waals surface area contributed by atoms with Crippen molar-refractivity contribution in [3.05, 3.63) is 83.3 Å². The van der Waals surface area contributed by atoms with Gasteiger partial charge < -0.3 is 10.6 Å². The summed E-state index contributed by atoms with van der Waals surface area (Å²) in [5, 5.41) is 17.4. The minimum absolute atomic E-state index is 0. The van der Waals surface area contributed by atoms with Crippen LogP contribution in [0.4, 0.5) is 17.2 Å². The molecule has 1 amide bonds. The van der Waals surface area contributed by atoms with E-state index in [1.54, 1.807) is 12.4 Å². The van der Waals surface area contributed by atoms with Gasteiger partial charge in [0.1, 0.15) is 0 Å². The Morgan fingerprint density at radius 2 is 1.77 bits per heavy atom. The lowest BCUT2D eigenvalue weighted by Crippen LogP contribution is -2.07. The lowest BCUT2D eigenvalue weighted by Gasteiger charge is -2.13. The summed E-state index contributed by atoms with van der Waals surface area (Å²) in [5.41, 5.74) is 3.44. The molecule has 8 heteroatoms. The van der Waals surface area contributed by atoms with E-state index in [-0.39, 0.29) is 18.3 Å². The number of rotatable bonds is 5. The van der Waals surface area contributed by atoms with Gasteiger partial charge in [-0.05, 0) is 48.0 Å².